The van der Waals surface area contributed by atoms with E-state index in [4.69, 9.17) is 14.6 Å². The number of methoxy groups -OCH3 is 2. The number of benzene rings is 1. The van der Waals surface area contributed by atoms with Crippen molar-refractivity contribution < 1.29 is 17.9 Å². The Hall–Kier alpha value is -2.65. The first kappa shape index (κ1) is 18.7. The second kappa shape index (κ2) is 7.06. The van der Waals surface area contributed by atoms with Crippen LogP contribution >= 0.6 is 0 Å². The Morgan fingerprint density at radius 2 is 1.96 bits per heavy atom. The lowest BCUT2D eigenvalue weighted by atomic mass is 9.82. The van der Waals surface area contributed by atoms with Gasteiger partial charge in [0.15, 0.2) is 5.76 Å². The van der Waals surface area contributed by atoms with Crippen molar-refractivity contribution in [2.24, 2.45) is 21.0 Å². The number of hydrogen-bond donors (Lipinski definition) is 1. The van der Waals surface area contributed by atoms with Crippen LogP contribution in [0, 0.1) is 5.92 Å². The molecule has 8 nitrogen and oxygen atoms in total. The second-order valence-electron chi connectivity index (χ2n) is 6.98. The normalized spacial score (nSPS) is 26.0. The lowest BCUT2D eigenvalue weighted by Gasteiger charge is -2.38. The summed E-state index contributed by atoms with van der Waals surface area (Å²) < 4.78 is 33.5. The maximum atomic E-state index is 11.3. The van der Waals surface area contributed by atoms with Gasteiger partial charge in [-0.25, -0.2) is 13.6 Å². The van der Waals surface area contributed by atoms with Gasteiger partial charge in [-0.3, -0.25) is 9.98 Å². The Kier molecular flexibility index (Phi) is 4.72. The molecular weight excluding hydrogens is 380 g/mol. The molecule has 148 valence electrons. The maximum Gasteiger partial charge on any atom is 0.213 e. The van der Waals surface area contributed by atoms with E-state index in [2.05, 4.69) is 14.9 Å². The lowest BCUT2D eigenvalue weighted by Crippen LogP contribution is -2.46. The summed E-state index contributed by atoms with van der Waals surface area (Å²) in [5, 5.41) is 5.13. The third-order valence-electron chi connectivity index (χ3n) is 5.23. The van der Waals surface area contributed by atoms with Gasteiger partial charge < -0.3 is 14.4 Å². The van der Waals surface area contributed by atoms with E-state index in [9.17, 15) is 8.42 Å². The first-order valence-corrected chi connectivity index (χ1v) is 10.6. The number of aliphatic imine (C=N–C) groups is 2. The van der Waals surface area contributed by atoms with Crippen molar-refractivity contribution >= 4 is 28.3 Å². The molecule has 2 aliphatic heterocycles. The number of rotatable bonds is 5. The molecule has 0 fully saturated rings. The van der Waals surface area contributed by atoms with Crippen molar-refractivity contribution in [3.8, 4) is 0 Å². The van der Waals surface area contributed by atoms with Crippen molar-refractivity contribution in [3.05, 3.63) is 53.1 Å². The van der Waals surface area contributed by atoms with E-state index in [-0.39, 0.29) is 23.8 Å². The minimum Gasteiger partial charge on any atom is -0.497 e. The number of fused-ring (bicyclic) bond motifs is 3. The highest BCUT2D eigenvalue weighted by atomic mass is 32.2. The Morgan fingerprint density at radius 1 is 1.21 bits per heavy atom. The molecule has 0 bridgehead atoms. The van der Waals surface area contributed by atoms with Crippen LogP contribution in [0.2, 0.25) is 0 Å². The summed E-state index contributed by atoms with van der Waals surface area (Å²) in [5.41, 5.74) is 2.53. The predicted molar refractivity (Wildman–Crippen MR) is 108 cm³/mol. The molecule has 2 unspecified atom stereocenters. The molecule has 0 saturated carbocycles. The molecule has 0 saturated heterocycles. The minimum atomic E-state index is -3.56. The van der Waals surface area contributed by atoms with Crippen molar-refractivity contribution in [3.63, 3.8) is 0 Å². The molecule has 0 spiro atoms. The Morgan fingerprint density at radius 3 is 2.61 bits per heavy atom. The second-order valence-corrected chi connectivity index (χ2v) is 8.59. The van der Waals surface area contributed by atoms with Crippen molar-refractivity contribution in [1.82, 2.24) is 0 Å². The van der Waals surface area contributed by atoms with Crippen LogP contribution in [0.4, 0.5) is 5.69 Å². The minimum absolute atomic E-state index is 0.0477. The highest BCUT2D eigenvalue weighted by Crippen LogP contribution is 2.41. The molecule has 0 aromatic heterocycles. The van der Waals surface area contributed by atoms with Gasteiger partial charge in [0, 0.05) is 36.0 Å². The molecule has 2 heterocycles. The van der Waals surface area contributed by atoms with E-state index in [0.717, 1.165) is 17.1 Å². The molecule has 3 atom stereocenters. The maximum absolute atomic E-state index is 11.3. The summed E-state index contributed by atoms with van der Waals surface area (Å²) in [5.74, 6) is 1.41. The van der Waals surface area contributed by atoms with E-state index in [1.165, 1.54) is 0 Å². The number of ether oxygens (including phenoxy) is 2. The fourth-order valence-electron chi connectivity index (χ4n) is 3.95. The molecule has 9 heteroatoms. The van der Waals surface area contributed by atoms with Gasteiger partial charge in [0.05, 0.1) is 32.4 Å². The number of nitrogens with two attached hydrogens (primary N) is 1. The Balaban J connectivity index is 1.62. The summed E-state index contributed by atoms with van der Waals surface area (Å²) in [6.07, 6.45) is 6.28. The first-order valence-electron chi connectivity index (χ1n) is 8.87. The molecule has 0 radical (unpaired) electrons. The zero-order valence-electron chi connectivity index (χ0n) is 15.6. The fourth-order valence-corrected chi connectivity index (χ4v) is 4.60. The van der Waals surface area contributed by atoms with E-state index in [1.807, 2.05) is 30.8 Å². The molecule has 3 aliphatic rings. The topological polar surface area (TPSA) is 107 Å². The van der Waals surface area contributed by atoms with Crippen LogP contribution < -0.4 is 10.0 Å². The van der Waals surface area contributed by atoms with Crippen LogP contribution in [0.3, 0.4) is 0 Å². The summed E-state index contributed by atoms with van der Waals surface area (Å²) in [6.45, 7) is 0. The van der Waals surface area contributed by atoms with Gasteiger partial charge in [-0.15, -0.1) is 0 Å². The van der Waals surface area contributed by atoms with Crippen LogP contribution in [0.25, 0.3) is 0 Å². The number of anilines is 1. The van der Waals surface area contributed by atoms with Gasteiger partial charge in [-0.2, -0.15) is 0 Å². The van der Waals surface area contributed by atoms with Crippen molar-refractivity contribution in [2.45, 2.75) is 24.3 Å². The molecular formula is C19H22N4O4S. The summed E-state index contributed by atoms with van der Waals surface area (Å²) in [6, 6.07) is 7.35. The van der Waals surface area contributed by atoms with Gasteiger partial charge >= 0.3 is 0 Å². The van der Waals surface area contributed by atoms with Crippen LogP contribution in [0.15, 0.2) is 57.5 Å². The average molecular weight is 402 g/mol. The van der Waals surface area contributed by atoms with Gasteiger partial charge in [-0.05, 0) is 17.7 Å². The first-order chi connectivity index (χ1) is 13.4. The Bertz CT molecular complexity index is 995. The summed E-state index contributed by atoms with van der Waals surface area (Å²) >= 11 is 0. The monoisotopic (exact) mass is 402 g/mol. The number of primary sulfonamides is 1. The highest BCUT2D eigenvalue weighted by molar-refractivity contribution is 7.88. The van der Waals surface area contributed by atoms with Gasteiger partial charge in [0.25, 0.3) is 0 Å². The fraction of sp³-hybridized carbons (Fsp3) is 0.368. The predicted octanol–water partition coefficient (Wildman–Crippen LogP) is 1.55. The standard InChI is InChI=1S/C19H22N4O4S/c1-26-17-7-14-15(8-18(17)27-2)21-9-16-19(14)23(11-22-16)13-5-3-12(4-6-13)10-28(20,24)25/h3-6,8-9,11,14,16,19H,7,10H2,1-2H3,(H2,20,24,25)/t14?,16?,19-/m1/s1. The van der Waals surface area contributed by atoms with Gasteiger partial charge in [-0.1, -0.05) is 12.1 Å². The smallest absolute Gasteiger partial charge is 0.213 e. The Labute approximate surface area is 164 Å². The highest BCUT2D eigenvalue weighted by Gasteiger charge is 2.43. The zero-order chi connectivity index (χ0) is 19.9. The molecule has 28 heavy (non-hydrogen) atoms. The average Bonchev–Trinajstić information content (AvgIpc) is 3.10. The van der Waals surface area contributed by atoms with Crippen molar-refractivity contribution in [1.29, 1.82) is 0 Å². The number of hydrogen-bond acceptors (Lipinski definition) is 7. The van der Waals surface area contributed by atoms with Gasteiger partial charge in [0.2, 0.25) is 10.0 Å². The molecule has 0 amide bonds. The third kappa shape index (κ3) is 3.43. The van der Waals surface area contributed by atoms with Crippen LogP contribution in [-0.2, 0) is 25.2 Å². The molecule has 4 rings (SSSR count). The molecule has 1 aliphatic carbocycles. The van der Waals surface area contributed by atoms with Gasteiger partial charge in [0.1, 0.15) is 11.8 Å². The van der Waals surface area contributed by atoms with Crippen LogP contribution in [0.5, 0.6) is 0 Å². The van der Waals surface area contributed by atoms with E-state index < -0.39 is 10.0 Å². The van der Waals surface area contributed by atoms with E-state index >= 15 is 0 Å². The summed E-state index contributed by atoms with van der Waals surface area (Å²) in [4.78, 5) is 11.3. The molecule has 2 N–H and O–H groups in total. The molecule has 1 aromatic rings. The molecule has 1 aromatic carbocycles. The van der Waals surface area contributed by atoms with Crippen LogP contribution in [-0.4, -0.2) is 47.3 Å². The quantitative estimate of drug-likeness (QED) is 0.804. The SMILES string of the molecule is COC1=C(OC)CC2C(=C1)N=CC1N=CN(c3ccc(CS(N)(=O)=O)cc3)[C@@H]12. The van der Waals surface area contributed by atoms with E-state index in [0.29, 0.717) is 17.7 Å². The number of sulfonamides is 1. The van der Waals surface area contributed by atoms with Crippen LogP contribution in [0.1, 0.15) is 12.0 Å². The largest absolute Gasteiger partial charge is 0.497 e. The van der Waals surface area contributed by atoms with E-state index in [1.54, 1.807) is 26.4 Å². The number of nitrogens with zero attached hydrogens (tertiary/aromatic N) is 3. The zero-order valence-corrected chi connectivity index (χ0v) is 16.5. The third-order valence-corrected chi connectivity index (χ3v) is 5.97. The number of allylic oxidation sites excluding steroid dienone is 2. The lowest BCUT2D eigenvalue weighted by molar-refractivity contribution is 0.202. The summed E-state index contributed by atoms with van der Waals surface area (Å²) in [7, 11) is -0.293. The van der Waals surface area contributed by atoms with Crippen molar-refractivity contribution in [2.75, 3.05) is 19.1 Å².